The molecule has 26 heavy (non-hydrogen) atoms. The molecule has 1 aromatic heterocycles. The summed E-state index contributed by atoms with van der Waals surface area (Å²) in [7, 11) is 0. The Labute approximate surface area is 157 Å². The molecule has 0 aliphatic carbocycles. The Morgan fingerprint density at radius 2 is 1.65 bits per heavy atom. The molecule has 5 nitrogen and oxygen atoms in total. The highest BCUT2D eigenvalue weighted by Gasteiger charge is 2.15. The molecule has 1 saturated heterocycles. The zero-order valence-corrected chi connectivity index (χ0v) is 16.4. The molecule has 1 fully saturated rings. The topological polar surface area (TPSA) is 44.3 Å². The van der Waals surface area contributed by atoms with E-state index in [0.29, 0.717) is 0 Å². The van der Waals surface area contributed by atoms with Gasteiger partial charge in [0.2, 0.25) is 5.95 Å². The Bertz CT molecular complexity index is 675. The summed E-state index contributed by atoms with van der Waals surface area (Å²) >= 11 is 0. The number of benzene rings is 1. The van der Waals surface area contributed by atoms with Gasteiger partial charge in [0, 0.05) is 31.6 Å². The van der Waals surface area contributed by atoms with Crippen molar-refractivity contribution in [2.75, 3.05) is 49.5 Å². The van der Waals surface area contributed by atoms with Crippen LogP contribution in [-0.4, -0.2) is 54.1 Å². The summed E-state index contributed by atoms with van der Waals surface area (Å²) in [5, 5.41) is 4.62. The average molecular weight is 356 g/mol. The first-order chi connectivity index (χ1) is 12.8. The lowest BCUT2D eigenvalue weighted by Crippen LogP contribution is -2.30. The molecule has 1 aliphatic rings. The second-order valence-corrected chi connectivity index (χ2v) is 7.10. The lowest BCUT2D eigenvalue weighted by atomic mass is 10.1. The second-order valence-electron chi connectivity index (χ2n) is 7.10. The van der Waals surface area contributed by atoms with Crippen molar-refractivity contribution in [1.82, 2.24) is 14.9 Å². The molecule has 0 radical (unpaired) electrons. The van der Waals surface area contributed by atoms with Gasteiger partial charge in [-0.15, -0.1) is 0 Å². The maximum atomic E-state index is 4.93. The van der Waals surface area contributed by atoms with Gasteiger partial charge in [-0.05, 0) is 38.1 Å². The summed E-state index contributed by atoms with van der Waals surface area (Å²) in [5.41, 5.74) is 1.03. The standard InChI is InChI=1S/C21H33N5/c1-3-25(4-2)17-14-22-21-23-19-13-9-8-12-18(19)20(24-21)26-15-10-6-5-7-11-16-26/h8-9,12-13H,3-7,10-11,14-17H2,1-2H3,(H,22,23,24). The van der Waals surface area contributed by atoms with Crippen LogP contribution in [0.1, 0.15) is 46.0 Å². The van der Waals surface area contributed by atoms with Gasteiger partial charge < -0.3 is 15.1 Å². The largest absolute Gasteiger partial charge is 0.356 e. The molecule has 1 aromatic carbocycles. The monoisotopic (exact) mass is 355 g/mol. The Kier molecular flexibility index (Phi) is 7.06. The number of nitrogens with zero attached hydrogens (tertiary/aromatic N) is 4. The smallest absolute Gasteiger partial charge is 0.225 e. The Morgan fingerprint density at radius 3 is 2.38 bits per heavy atom. The molecule has 5 heteroatoms. The number of aromatic nitrogens is 2. The maximum absolute atomic E-state index is 4.93. The molecule has 0 atom stereocenters. The molecule has 1 aliphatic heterocycles. The van der Waals surface area contributed by atoms with Crippen LogP contribution in [0.15, 0.2) is 24.3 Å². The third-order valence-electron chi connectivity index (χ3n) is 5.34. The number of hydrogen-bond acceptors (Lipinski definition) is 5. The lowest BCUT2D eigenvalue weighted by molar-refractivity contribution is 0.316. The molecular formula is C21H33N5. The van der Waals surface area contributed by atoms with Gasteiger partial charge in [-0.2, -0.15) is 4.98 Å². The summed E-state index contributed by atoms with van der Waals surface area (Å²) in [6.45, 7) is 10.7. The van der Waals surface area contributed by atoms with Gasteiger partial charge in [-0.25, -0.2) is 4.98 Å². The third kappa shape index (κ3) is 4.85. The molecular weight excluding hydrogens is 322 g/mol. The van der Waals surface area contributed by atoms with Crippen molar-refractivity contribution in [1.29, 1.82) is 0 Å². The normalized spacial score (nSPS) is 15.9. The highest BCUT2D eigenvalue weighted by Crippen LogP contribution is 2.27. The summed E-state index contributed by atoms with van der Waals surface area (Å²) in [5.74, 6) is 1.86. The zero-order valence-electron chi connectivity index (χ0n) is 16.4. The van der Waals surface area contributed by atoms with Crippen LogP contribution in [0.25, 0.3) is 10.9 Å². The van der Waals surface area contributed by atoms with Crippen LogP contribution < -0.4 is 10.2 Å². The van der Waals surface area contributed by atoms with E-state index in [0.717, 1.165) is 56.6 Å². The van der Waals surface area contributed by atoms with Crippen molar-refractivity contribution in [3.05, 3.63) is 24.3 Å². The SMILES string of the molecule is CCN(CC)CCNc1nc(N2CCCCCCC2)c2ccccc2n1. The van der Waals surface area contributed by atoms with E-state index in [2.05, 4.69) is 53.2 Å². The molecule has 3 rings (SSSR count). The van der Waals surface area contributed by atoms with E-state index in [1.54, 1.807) is 0 Å². The Morgan fingerprint density at radius 1 is 0.962 bits per heavy atom. The van der Waals surface area contributed by atoms with Crippen LogP contribution in [-0.2, 0) is 0 Å². The van der Waals surface area contributed by atoms with Crippen molar-refractivity contribution >= 4 is 22.7 Å². The zero-order chi connectivity index (χ0) is 18.2. The van der Waals surface area contributed by atoms with Gasteiger partial charge in [0.15, 0.2) is 0 Å². The molecule has 1 N–H and O–H groups in total. The number of anilines is 2. The highest BCUT2D eigenvalue weighted by molar-refractivity contribution is 5.90. The summed E-state index contributed by atoms with van der Waals surface area (Å²) < 4.78 is 0. The van der Waals surface area contributed by atoms with Crippen LogP contribution in [0.2, 0.25) is 0 Å². The lowest BCUT2D eigenvalue weighted by Gasteiger charge is -2.27. The average Bonchev–Trinajstić information content (AvgIpc) is 2.65. The molecule has 0 unspecified atom stereocenters. The van der Waals surface area contributed by atoms with Crippen molar-refractivity contribution in [2.45, 2.75) is 46.0 Å². The number of para-hydroxylation sites is 1. The quantitative estimate of drug-likeness (QED) is 0.808. The van der Waals surface area contributed by atoms with E-state index in [-0.39, 0.29) is 0 Å². The minimum atomic E-state index is 0.757. The predicted octanol–water partition coefficient (Wildman–Crippen LogP) is 4.15. The number of nitrogens with one attached hydrogen (secondary N) is 1. The summed E-state index contributed by atoms with van der Waals surface area (Å²) in [6, 6.07) is 8.40. The minimum absolute atomic E-state index is 0.757. The first kappa shape index (κ1) is 18.9. The van der Waals surface area contributed by atoms with Gasteiger partial charge in [-0.1, -0.05) is 45.2 Å². The fraction of sp³-hybridized carbons (Fsp3) is 0.619. The summed E-state index contributed by atoms with van der Waals surface area (Å²) in [6.07, 6.45) is 6.53. The summed E-state index contributed by atoms with van der Waals surface area (Å²) in [4.78, 5) is 14.6. The van der Waals surface area contributed by atoms with Crippen molar-refractivity contribution in [3.63, 3.8) is 0 Å². The van der Waals surface area contributed by atoms with E-state index in [1.807, 2.05) is 0 Å². The Hall–Kier alpha value is -1.88. The van der Waals surface area contributed by atoms with Crippen LogP contribution in [0.5, 0.6) is 0 Å². The van der Waals surface area contributed by atoms with Crippen LogP contribution in [0.3, 0.4) is 0 Å². The maximum Gasteiger partial charge on any atom is 0.225 e. The van der Waals surface area contributed by atoms with Gasteiger partial charge >= 0.3 is 0 Å². The molecule has 0 bridgehead atoms. The third-order valence-corrected chi connectivity index (χ3v) is 5.34. The predicted molar refractivity (Wildman–Crippen MR) is 111 cm³/mol. The van der Waals surface area contributed by atoms with Crippen LogP contribution in [0, 0.1) is 0 Å². The van der Waals surface area contributed by atoms with E-state index in [1.165, 1.54) is 37.5 Å². The first-order valence-corrected chi connectivity index (χ1v) is 10.3. The van der Waals surface area contributed by atoms with Crippen molar-refractivity contribution < 1.29 is 0 Å². The second kappa shape index (κ2) is 9.72. The molecule has 2 heterocycles. The van der Waals surface area contributed by atoms with Crippen LogP contribution in [0.4, 0.5) is 11.8 Å². The van der Waals surface area contributed by atoms with E-state index < -0.39 is 0 Å². The van der Waals surface area contributed by atoms with Crippen molar-refractivity contribution in [3.8, 4) is 0 Å². The van der Waals surface area contributed by atoms with E-state index >= 15 is 0 Å². The Balaban J connectivity index is 1.81. The van der Waals surface area contributed by atoms with E-state index in [4.69, 9.17) is 9.97 Å². The molecule has 0 spiro atoms. The number of likely N-dealkylation sites (N-methyl/N-ethyl adjacent to an activating group) is 1. The molecule has 0 amide bonds. The van der Waals surface area contributed by atoms with Gasteiger partial charge in [0.1, 0.15) is 5.82 Å². The van der Waals surface area contributed by atoms with Gasteiger partial charge in [-0.3, -0.25) is 0 Å². The number of hydrogen-bond donors (Lipinski definition) is 1. The number of fused-ring (bicyclic) bond motifs is 1. The molecule has 0 saturated carbocycles. The van der Waals surface area contributed by atoms with Gasteiger partial charge in [0.25, 0.3) is 0 Å². The molecule has 142 valence electrons. The van der Waals surface area contributed by atoms with Gasteiger partial charge in [0.05, 0.1) is 5.52 Å². The van der Waals surface area contributed by atoms with E-state index in [9.17, 15) is 0 Å². The fourth-order valence-corrected chi connectivity index (χ4v) is 3.70. The minimum Gasteiger partial charge on any atom is -0.356 e. The highest BCUT2D eigenvalue weighted by atomic mass is 15.2. The first-order valence-electron chi connectivity index (χ1n) is 10.3. The van der Waals surface area contributed by atoms with Crippen molar-refractivity contribution in [2.24, 2.45) is 0 Å². The fourth-order valence-electron chi connectivity index (χ4n) is 3.70. The molecule has 2 aromatic rings. The van der Waals surface area contributed by atoms with Crippen LogP contribution >= 0.6 is 0 Å². The number of rotatable bonds is 7.